The molecule has 1 amide bonds. The summed E-state index contributed by atoms with van der Waals surface area (Å²) in [6.45, 7) is 5.67. The number of piperazine rings is 1. The minimum atomic E-state index is -0.744. The molecule has 1 fully saturated rings. The maximum Gasteiger partial charge on any atom is 0.350 e. The van der Waals surface area contributed by atoms with Gasteiger partial charge in [0.05, 0.1) is 23.2 Å². The standard InChI is InChI=1S/C25H23ClF2N4O3S/c1-3-20(33)30-6-8-31(9-7-30)24-17-11-18(26)21(16-5-4-14(27)10-19(16)28)23-22(17)32(25(34)29-24)12-15(35-2)13-36-23/h3-5,10-11,15H,1,6-9,12-13H2,2H3/t15-/m1/s1. The molecule has 0 spiro atoms. The number of aromatic nitrogens is 2. The molecule has 188 valence electrons. The van der Waals surface area contributed by atoms with Crippen LogP contribution in [0, 0.1) is 11.6 Å². The molecule has 7 nitrogen and oxygen atoms in total. The SMILES string of the molecule is C=CC(=O)N1CCN(c2nc(=O)n3c4c(c(-c5ccc(F)cc5F)c(Cl)cc24)SC[C@H](OC)C3)CC1. The van der Waals surface area contributed by atoms with E-state index < -0.39 is 17.3 Å². The van der Waals surface area contributed by atoms with Crippen LogP contribution in [0.1, 0.15) is 0 Å². The van der Waals surface area contributed by atoms with E-state index in [0.29, 0.717) is 59.1 Å². The largest absolute Gasteiger partial charge is 0.379 e. The minimum absolute atomic E-state index is 0.146. The molecular weight excluding hydrogens is 510 g/mol. The van der Waals surface area contributed by atoms with E-state index >= 15 is 0 Å². The van der Waals surface area contributed by atoms with Gasteiger partial charge in [-0.1, -0.05) is 18.2 Å². The Morgan fingerprint density at radius 3 is 2.67 bits per heavy atom. The van der Waals surface area contributed by atoms with Crippen molar-refractivity contribution in [1.29, 1.82) is 0 Å². The van der Waals surface area contributed by atoms with Gasteiger partial charge >= 0.3 is 5.69 Å². The highest BCUT2D eigenvalue weighted by molar-refractivity contribution is 7.99. The molecule has 0 N–H and O–H groups in total. The van der Waals surface area contributed by atoms with Gasteiger partial charge in [-0.15, -0.1) is 11.8 Å². The molecule has 5 rings (SSSR count). The summed E-state index contributed by atoms with van der Waals surface area (Å²) < 4.78 is 35.7. The molecule has 2 aliphatic rings. The summed E-state index contributed by atoms with van der Waals surface area (Å²) >= 11 is 8.18. The van der Waals surface area contributed by atoms with Crippen molar-refractivity contribution in [3.63, 3.8) is 0 Å². The Hall–Kier alpha value is -2.95. The summed E-state index contributed by atoms with van der Waals surface area (Å²) in [6.07, 6.45) is 1.00. The van der Waals surface area contributed by atoms with Crippen molar-refractivity contribution in [3.05, 3.63) is 64.1 Å². The number of carbonyl (C=O) groups excluding carboxylic acids is 1. The monoisotopic (exact) mass is 532 g/mol. The van der Waals surface area contributed by atoms with Crippen molar-refractivity contribution < 1.29 is 18.3 Å². The molecule has 0 saturated carbocycles. The molecule has 3 heterocycles. The number of nitrogens with zero attached hydrogens (tertiary/aromatic N) is 4. The predicted molar refractivity (Wildman–Crippen MR) is 137 cm³/mol. The second kappa shape index (κ2) is 9.84. The van der Waals surface area contributed by atoms with Gasteiger partial charge in [0.2, 0.25) is 5.91 Å². The summed E-state index contributed by atoms with van der Waals surface area (Å²) in [5.74, 6) is -0.620. The molecular formula is C25H23ClF2N4O3S. The van der Waals surface area contributed by atoms with Gasteiger partial charge < -0.3 is 14.5 Å². The number of thioether (sulfide) groups is 1. The van der Waals surface area contributed by atoms with Crippen molar-refractivity contribution >= 4 is 46.0 Å². The molecule has 2 aliphatic heterocycles. The van der Waals surface area contributed by atoms with E-state index in [0.717, 1.165) is 6.07 Å². The maximum absolute atomic E-state index is 14.9. The van der Waals surface area contributed by atoms with Crippen LogP contribution in [0.5, 0.6) is 0 Å². The minimum Gasteiger partial charge on any atom is -0.379 e. The first-order valence-corrected chi connectivity index (χ1v) is 12.7. The van der Waals surface area contributed by atoms with Gasteiger partial charge in [-0.3, -0.25) is 9.36 Å². The van der Waals surface area contributed by atoms with Gasteiger partial charge in [0.25, 0.3) is 0 Å². The number of benzene rings is 2. The number of hydrogen-bond donors (Lipinski definition) is 0. The Bertz CT molecular complexity index is 1440. The summed E-state index contributed by atoms with van der Waals surface area (Å²) in [4.78, 5) is 34.0. The van der Waals surface area contributed by atoms with Gasteiger partial charge in [-0.05, 0) is 24.3 Å². The number of carbonyl (C=O) groups is 1. The van der Waals surface area contributed by atoms with E-state index in [-0.39, 0.29) is 29.1 Å². The normalized spacial score (nSPS) is 17.8. The highest BCUT2D eigenvalue weighted by Crippen LogP contribution is 2.46. The zero-order valence-electron chi connectivity index (χ0n) is 19.5. The van der Waals surface area contributed by atoms with E-state index in [1.807, 2.05) is 4.90 Å². The highest BCUT2D eigenvalue weighted by Gasteiger charge is 2.30. The fourth-order valence-corrected chi connectivity index (χ4v) is 6.38. The van der Waals surface area contributed by atoms with Crippen LogP contribution in [-0.4, -0.2) is 65.5 Å². The lowest BCUT2D eigenvalue weighted by Gasteiger charge is -2.35. The summed E-state index contributed by atoms with van der Waals surface area (Å²) in [5, 5.41) is 0.911. The molecule has 36 heavy (non-hydrogen) atoms. The Kier molecular flexibility index (Phi) is 6.76. The Morgan fingerprint density at radius 1 is 1.25 bits per heavy atom. The molecule has 0 bridgehead atoms. The molecule has 1 aromatic heterocycles. The first-order chi connectivity index (χ1) is 17.3. The first-order valence-electron chi connectivity index (χ1n) is 11.4. The second-order valence-electron chi connectivity index (χ2n) is 8.60. The number of methoxy groups -OCH3 is 1. The zero-order valence-corrected chi connectivity index (χ0v) is 21.0. The number of halogens is 3. The lowest BCUT2D eigenvalue weighted by atomic mass is 10.0. The van der Waals surface area contributed by atoms with E-state index in [1.165, 1.54) is 30.0 Å². The van der Waals surface area contributed by atoms with Crippen molar-refractivity contribution in [2.45, 2.75) is 17.5 Å². The van der Waals surface area contributed by atoms with Crippen LogP contribution in [0.2, 0.25) is 5.02 Å². The van der Waals surface area contributed by atoms with Crippen LogP contribution in [-0.2, 0) is 16.1 Å². The van der Waals surface area contributed by atoms with Crippen LogP contribution in [0.4, 0.5) is 14.6 Å². The van der Waals surface area contributed by atoms with E-state index in [2.05, 4.69) is 11.6 Å². The van der Waals surface area contributed by atoms with Crippen LogP contribution in [0.15, 0.2) is 46.6 Å². The smallest absolute Gasteiger partial charge is 0.350 e. The molecule has 3 aromatic rings. The lowest BCUT2D eigenvalue weighted by Crippen LogP contribution is -2.49. The number of amides is 1. The molecule has 0 radical (unpaired) electrons. The third kappa shape index (κ3) is 4.27. The molecule has 2 aromatic carbocycles. The number of anilines is 1. The van der Waals surface area contributed by atoms with Crippen molar-refractivity contribution in [1.82, 2.24) is 14.5 Å². The second-order valence-corrected chi connectivity index (χ2v) is 10.0. The van der Waals surface area contributed by atoms with Gasteiger partial charge in [-0.25, -0.2) is 13.6 Å². The van der Waals surface area contributed by atoms with Crippen molar-refractivity contribution in [2.24, 2.45) is 0 Å². The van der Waals surface area contributed by atoms with Crippen LogP contribution >= 0.6 is 23.4 Å². The van der Waals surface area contributed by atoms with Crippen molar-refractivity contribution in [3.8, 4) is 11.1 Å². The lowest BCUT2D eigenvalue weighted by molar-refractivity contribution is -0.126. The average Bonchev–Trinajstić information content (AvgIpc) is 3.07. The van der Waals surface area contributed by atoms with E-state index in [9.17, 15) is 18.4 Å². The quantitative estimate of drug-likeness (QED) is 0.474. The topological polar surface area (TPSA) is 67.7 Å². The van der Waals surface area contributed by atoms with E-state index in [4.69, 9.17) is 16.3 Å². The Balaban J connectivity index is 1.72. The number of hydrogen-bond acceptors (Lipinski definition) is 6. The predicted octanol–water partition coefficient (Wildman–Crippen LogP) is 3.95. The number of rotatable bonds is 4. The summed E-state index contributed by atoms with van der Waals surface area (Å²) in [5.41, 5.74) is 0.675. The Labute approximate surface area is 215 Å². The van der Waals surface area contributed by atoms with Gasteiger partial charge in [0.1, 0.15) is 17.5 Å². The zero-order chi connectivity index (χ0) is 25.6. The van der Waals surface area contributed by atoms with Crippen LogP contribution in [0.3, 0.4) is 0 Å². The summed E-state index contributed by atoms with van der Waals surface area (Å²) in [7, 11) is 1.57. The first kappa shape index (κ1) is 24.7. The number of ether oxygens (including phenoxy) is 1. The molecule has 0 unspecified atom stereocenters. The third-order valence-corrected chi connectivity index (χ3v) is 8.07. The molecule has 1 saturated heterocycles. The fourth-order valence-electron chi connectivity index (χ4n) is 4.70. The third-order valence-electron chi connectivity index (χ3n) is 6.55. The molecule has 1 atom stereocenters. The van der Waals surface area contributed by atoms with E-state index in [1.54, 1.807) is 22.6 Å². The fraction of sp³-hybridized carbons (Fsp3) is 0.320. The van der Waals surface area contributed by atoms with Gasteiger partial charge in [0.15, 0.2) is 0 Å². The maximum atomic E-state index is 14.9. The summed E-state index contributed by atoms with van der Waals surface area (Å²) in [6, 6.07) is 5.04. The average molecular weight is 533 g/mol. The van der Waals surface area contributed by atoms with Crippen LogP contribution < -0.4 is 10.6 Å². The highest BCUT2D eigenvalue weighted by atomic mass is 35.5. The van der Waals surface area contributed by atoms with Crippen LogP contribution in [0.25, 0.3) is 22.0 Å². The Morgan fingerprint density at radius 2 is 2.00 bits per heavy atom. The molecule has 11 heteroatoms. The van der Waals surface area contributed by atoms with Gasteiger partial charge in [-0.2, -0.15) is 4.98 Å². The molecule has 0 aliphatic carbocycles. The van der Waals surface area contributed by atoms with Gasteiger partial charge in [0, 0.05) is 66.5 Å². The van der Waals surface area contributed by atoms with Crippen molar-refractivity contribution in [2.75, 3.05) is 43.9 Å².